The average Bonchev–Trinajstić information content (AvgIpc) is 3.01. The third-order valence-corrected chi connectivity index (χ3v) is 7.65. The minimum absolute atomic E-state index is 0. The highest BCUT2D eigenvalue weighted by atomic mass is 35.5. The minimum Gasteiger partial charge on any atom is -0.356 e. The first-order valence-electron chi connectivity index (χ1n) is 11.4. The second kappa shape index (κ2) is 10.3. The van der Waals surface area contributed by atoms with E-state index in [4.69, 9.17) is 5.73 Å². The van der Waals surface area contributed by atoms with Crippen LogP contribution in [-0.2, 0) is 11.3 Å². The summed E-state index contributed by atoms with van der Waals surface area (Å²) in [4.78, 5) is 15.3. The predicted octanol–water partition coefficient (Wildman–Crippen LogP) is 3.98. The summed E-state index contributed by atoms with van der Waals surface area (Å²) in [5, 5.41) is 3.26. The summed E-state index contributed by atoms with van der Waals surface area (Å²) in [6.07, 6.45) is 8.10. The number of benzene rings is 1. The van der Waals surface area contributed by atoms with Crippen LogP contribution in [-0.4, -0.2) is 36.0 Å². The number of nitrogens with zero attached hydrogens (tertiary/aromatic N) is 1. The van der Waals surface area contributed by atoms with Crippen molar-refractivity contribution < 1.29 is 4.79 Å². The number of nitrogens with two attached hydrogens (primary N) is 1. The highest BCUT2D eigenvalue weighted by Crippen LogP contribution is 2.41. The molecule has 1 aromatic carbocycles. The largest absolute Gasteiger partial charge is 0.356 e. The number of likely N-dealkylation sites (tertiary alicyclic amines) is 1. The molecule has 1 aliphatic heterocycles. The predicted molar refractivity (Wildman–Crippen MR) is 121 cm³/mol. The van der Waals surface area contributed by atoms with Gasteiger partial charge in [-0.25, -0.2) is 0 Å². The minimum atomic E-state index is 0. The Kier molecular flexibility index (Phi) is 8.00. The molecule has 5 heteroatoms. The van der Waals surface area contributed by atoms with Gasteiger partial charge in [-0.15, -0.1) is 12.4 Å². The maximum absolute atomic E-state index is 12.7. The van der Waals surface area contributed by atoms with Crippen molar-refractivity contribution in [2.24, 2.45) is 29.4 Å². The molecule has 0 radical (unpaired) electrons. The summed E-state index contributed by atoms with van der Waals surface area (Å²) in [5.41, 5.74) is 7.77. The van der Waals surface area contributed by atoms with Crippen LogP contribution in [0.5, 0.6) is 0 Å². The van der Waals surface area contributed by atoms with E-state index < -0.39 is 0 Å². The lowest BCUT2D eigenvalue weighted by atomic mass is 9.65. The summed E-state index contributed by atoms with van der Waals surface area (Å²) in [6.45, 7) is 5.35. The van der Waals surface area contributed by atoms with Gasteiger partial charge in [-0.05, 0) is 68.8 Å². The van der Waals surface area contributed by atoms with Crippen molar-refractivity contribution in [2.45, 2.75) is 70.5 Å². The number of fused-ring (bicyclic) bond motifs is 2. The van der Waals surface area contributed by atoms with Crippen molar-refractivity contribution in [1.82, 2.24) is 10.2 Å². The van der Waals surface area contributed by atoms with Crippen LogP contribution in [0.2, 0.25) is 0 Å². The van der Waals surface area contributed by atoms with Gasteiger partial charge in [-0.1, -0.05) is 36.8 Å². The fourth-order valence-corrected chi connectivity index (χ4v) is 6.01. The summed E-state index contributed by atoms with van der Waals surface area (Å²) >= 11 is 0. The molecule has 1 saturated heterocycles. The number of carbonyl (C=O) groups excluding carboxylic acids is 1. The molecule has 4 atom stereocenters. The van der Waals surface area contributed by atoms with E-state index in [2.05, 4.69) is 47.5 Å². The highest BCUT2D eigenvalue weighted by molar-refractivity contribution is 5.85. The van der Waals surface area contributed by atoms with Crippen LogP contribution in [0.25, 0.3) is 0 Å². The zero-order chi connectivity index (χ0) is 19.5. The topological polar surface area (TPSA) is 58.4 Å². The molecule has 3 N–H and O–H groups in total. The molecule has 0 aromatic heterocycles. The van der Waals surface area contributed by atoms with Crippen LogP contribution in [0, 0.1) is 23.7 Å². The summed E-state index contributed by atoms with van der Waals surface area (Å²) in [5.74, 6) is 2.33. The zero-order valence-electron chi connectivity index (χ0n) is 17.8. The molecule has 29 heavy (non-hydrogen) atoms. The van der Waals surface area contributed by atoms with Crippen LogP contribution in [0.3, 0.4) is 0 Å². The Morgan fingerprint density at radius 2 is 1.83 bits per heavy atom. The molecule has 162 valence electrons. The molecule has 0 spiro atoms. The van der Waals surface area contributed by atoms with Crippen LogP contribution < -0.4 is 11.1 Å². The molecule has 1 amide bonds. The summed E-state index contributed by atoms with van der Waals surface area (Å²) in [7, 11) is 0. The van der Waals surface area contributed by atoms with Gasteiger partial charge in [-0.2, -0.15) is 0 Å². The van der Waals surface area contributed by atoms with Crippen LogP contribution >= 0.6 is 12.4 Å². The molecule has 2 aliphatic carbocycles. The van der Waals surface area contributed by atoms with E-state index in [0.29, 0.717) is 29.8 Å². The molecule has 2 bridgehead atoms. The molecule has 4 unspecified atom stereocenters. The maximum Gasteiger partial charge on any atom is 0.223 e. The van der Waals surface area contributed by atoms with Crippen molar-refractivity contribution in [3.63, 3.8) is 0 Å². The molecule has 4 nitrogen and oxygen atoms in total. The van der Waals surface area contributed by atoms with Crippen molar-refractivity contribution in [3.8, 4) is 0 Å². The van der Waals surface area contributed by atoms with Gasteiger partial charge in [0.25, 0.3) is 0 Å². The quantitative estimate of drug-likeness (QED) is 0.733. The molecule has 4 rings (SSSR count). The number of halogens is 1. The molecule has 2 saturated carbocycles. The smallest absolute Gasteiger partial charge is 0.223 e. The molecular weight excluding hydrogens is 382 g/mol. The summed E-state index contributed by atoms with van der Waals surface area (Å²) < 4.78 is 0. The number of nitrogens with one attached hydrogen (secondary N) is 1. The Morgan fingerprint density at radius 3 is 2.52 bits per heavy atom. The van der Waals surface area contributed by atoms with Gasteiger partial charge >= 0.3 is 0 Å². The van der Waals surface area contributed by atoms with E-state index in [1.165, 1.54) is 31.2 Å². The number of hydrogen-bond donors (Lipinski definition) is 2. The van der Waals surface area contributed by atoms with Crippen LogP contribution in [0.4, 0.5) is 0 Å². The molecule has 1 aromatic rings. The van der Waals surface area contributed by atoms with E-state index >= 15 is 0 Å². The van der Waals surface area contributed by atoms with Gasteiger partial charge in [-0.3, -0.25) is 9.69 Å². The number of amides is 1. The molecular formula is C24H38ClN3O. The molecule has 1 heterocycles. The lowest BCUT2D eigenvalue weighted by molar-refractivity contribution is -0.127. The van der Waals surface area contributed by atoms with Gasteiger partial charge in [0.2, 0.25) is 5.91 Å². The van der Waals surface area contributed by atoms with Gasteiger partial charge in [0.05, 0.1) is 0 Å². The third-order valence-electron chi connectivity index (χ3n) is 7.65. The molecule has 3 fully saturated rings. The first-order chi connectivity index (χ1) is 13.6. The average molecular weight is 420 g/mol. The van der Waals surface area contributed by atoms with Crippen LogP contribution in [0.15, 0.2) is 30.3 Å². The second-order valence-corrected chi connectivity index (χ2v) is 9.64. The Labute approximate surface area is 182 Å². The lowest BCUT2D eigenvalue weighted by Gasteiger charge is -2.43. The van der Waals surface area contributed by atoms with E-state index in [-0.39, 0.29) is 24.2 Å². The normalized spacial score (nSPS) is 34.4. The van der Waals surface area contributed by atoms with E-state index in [9.17, 15) is 4.79 Å². The van der Waals surface area contributed by atoms with Gasteiger partial charge in [0.15, 0.2) is 0 Å². The fourth-order valence-electron chi connectivity index (χ4n) is 6.01. The number of hydrogen-bond acceptors (Lipinski definition) is 3. The fraction of sp³-hybridized carbons (Fsp3) is 0.708. The van der Waals surface area contributed by atoms with E-state index in [1.807, 2.05) is 0 Å². The maximum atomic E-state index is 12.7. The van der Waals surface area contributed by atoms with E-state index in [0.717, 1.165) is 38.9 Å². The first-order valence-corrected chi connectivity index (χ1v) is 11.4. The number of carbonyl (C=O) groups is 1. The molecule has 3 aliphatic rings. The van der Waals surface area contributed by atoms with E-state index in [1.54, 1.807) is 0 Å². The van der Waals surface area contributed by atoms with Gasteiger partial charge in [0, 0.05) is 37.6 Å². The van der Waals surface area contributed by atoms with Crippen molar-refractivity contribution >= 4 is 18.3 Å². The SMILES string of the molecule is CC1CC(CCNC(=O)C2CC3CCCC(C2)C3N)CN1Cc1ccccc1.Cl. The third kappa shape index (κ3) is 5.53. The lowest BCUT2D eigenvalue weighted by Crippen LogP contribution is -2.49. The van der Waals surface area contributed by atoms with Crippen molar-refractivity contribution in [3.05, 3.63) is 35.9 Å². The van der Waals surface area contributed by atoms with Crippen LogP contribution in [0.1, 0.15) is 57.4 Å². The first kappa shape index (κ1) is 22.6. The monoisotopic (exact) mass is 419 g/mol. The Balaban J connectivity index is 0.00000240. The summed E-state index contributed by atoms with van der Waals surface area (Å²) in [6, 6.07) is 11.7. The Morgan fingerprint density at radius 1 is 1.14 bits per heavy atom. The van der Waals surface area contributed by atoms with Gasteiger partial charge in [0.1, 0.15) is 0 Å². The standard InChI is InChI=1S/C24H37N3O.ClH/c1-17-12-19(16-27(17)15-18-6-3-2-4-7-18)10-11-26-24(28)22-13-20-8-5-9-21(14-22)23(20)25;/h2-4,6-7,17,19-23H,5,8-16,25H2,1H3,(H,26,28);1H. The zero-order valence-corrected chi connectivity index (χ0v) is 18.6. The second-order valence-electron chi connectivity index (χ2n) is 9.64. The highest BCUT2D eigenvalue weighted by Gasteiger charge is 2.40. The van der Waals surface area contributed by atoms with Crippen molar-refractivity contribution in [1.29, 1.82) is 0 Å². The van der Waals surface area contributed by atoms with Gasteiger partial charge < -0.3 is 11.1 Å². The number of rotatable bonds is 6. The Hall–Kier alpha value is -1.10. The van der Waals surface area contributed by atoms with Crippen molar-refractivity contribution in [2.75, 3.05) is 13.1 Å². The Bertz CT molecular complexity index is 641.